The summed E-state index contributed by atoms with van der Waals surface area (Å²) in [5.74, 6) is 0.391. The molecule has 0 spiro atoms. The number of rotatable bonds is 3. The zero-order chi connectivity index (χ0) is 13.1. The van der Waals surface area contributed by atoms with Crippen molar-refractivity contribution in [3.63, 3.8) is 0 Å². The number of ether oxygens (including phenoxy) is 1. The maximum Gasteiger partial charge on any atom is 0.119 e. The van der Waals surface area contributed by atoms with Gasteiger partial charge in [0.1, 0.15) is 5.75 Å². The van der Waals surface area contributed by atoms with Gasteiger partial charge in [0, 0.05) is 0 Å². The molecule has 0 bridgehead atoms. The largest absolute Gasteiger partial charge is 0.497 e. The van der Waals surface area contributed by atoms with Gasteiger partial charge in [0.15, 0.2) is 0 Å². The van der Waals surface area contributed by atoms with Gasteiger partial charge in [-0.2, -0.15) is 5.26 Å². The van der Waals surface area contributed by atoms with Gasteiger partial charge >= 0.3 is 0 Å². The Morgan fingerprint density at radius 1 is 1.17 bits per heavy atom. The van der Waals surface area contributed by atoms with Crippen LogP contribution in [0.15, 0.2) is 36.4 Å². The molecule has 0 saturated heterocycles. The van der Waals surface area contributed by atoms with Gasteiger partial charge in [0.05, 0.1) is 25.2 Å². The van der Waals surface area contributed by atoms with Gasteiger partial charge in [0.2, 0.25) is 0 Å². The first-order chi connectivity index (χ1) is 8.65. The highest BCUT2D eigenvalue weighted by Crippen LogP contribution is 2.27. The van der Waals surface area contributed by atoms with E-state index in [4.69, 9.17) is 10.00 Å². The molecule has 0 radical (unpaired) electrons. The second-order valence-corrected chi connectivity index (χ2v) is 4.34. The average molecular weight is 241 g/mol. The zero-order valence-corrected chi connectivity index (χ0v) is 10.4. The second kappa shape index (κ2) is 5.07. The third-order valence-corrected chi connectivity index (χ3v) is 3.09. The van der Waals surface area contributed by atoms with Crippen molar-refractivity contribution in [3.8, 4) is 11.8 Å². The number of nitriles is 1. The van der Waals surface area contributed by atoms with Gasteiger partial charge < -0.3 is 9.84 Å². The van der Waals surface area contributed by atoms with Crippen molar-refractivity contribution in [2.45, 2.75) is 13.0 Å². The van der Waals surface area contributed by atoms with Crippen LogP contribution in [0.1, 0.15) is 18.6 Å². The van der Waals surface area contributed by atoms with E-state index in [9.17, 15) is 5.11 Å². The predicted molar refractivity (Wildman–Crippen MR) is 70.2 cm³/mol. The van der Waals surface area contributed by atoms with Crippen LogP contribution in [0.5, 0.6) is 5.75 Å². The highest BCUT2D eigenvalue weighted by molar-refractivity contribution is 5.84. The Hall–Kier alpha value is -2.05. The maximum absolute atomic E-state index is 10.0. The first-order valence-corrected chi connectivity index (χ1v) is 5.81. The highest BCUT2D eigenvalue weighted by Gasteiger charge is 2.15. The number of fused-ring (bicyclic) bond motifs is 1. The summed E-state index contributed by atoms with van der Waals surface area (Å²) in [5, 5.41) is 20.9. The lowest BCUT2D eigenvalue weighted by Crippen LogP contribution is -2.06. The van der Waals surface area contributed by atoms with E-state index in [1.807, 2.05) is 36.4 Å². The molecular weight excluding hydrogens is 226 g/mol. The quantitative estimate of drug-likeness (QED) is 0.898. The zero-order valence-electron chi connectivity index (χ0n) is 10.4. The fraction of sp³-hybridized carbons (Fsp3) is 0.267. The Labute approximate surface area is 106 Å². The molecule has 0 aromatic heterocycles. The molecule has 0 heterocycles. The van der Waals surface area contributed by atoms with Crippen molar-refractivity contribution >= 4 is 10.8 Å². The Morgan fingerprint density at radius 2 is 1.83 bits per heavy atom. The van der Waals surface area contributed by atoms with Gasteiger partial charge in [-0.3, -0.25) is 0 Å². The van der Waals surface area contributed by atoms with Gasteiger partial charge in [0.25, 0.3) is 0 Å². The summed E-state index contributed by atoms with van der Waals surface area (Å²) in [6.07, 6.45) is -0.749. The lowest BCUT2D eigenvalue weighted by molar-refractivity contribution is 0.143. The number of hydrogen-bond acceptors (Lipinski definition) is 3. The molecule has 92 valence electrons. The monoisotopic (exact) mass is 241 g/mol. The molecule has 2 aromatic rings. The number of benzene rings is 2. The Morgan fingerprint density at radius 3 is 2.50 bits per heavy atom. The fourth-order valence-electron chi connectivity index (χ4n) is 1.91. The van der Waals surface area contributed by atoms with Crippen LogP contribution in [0.25, 0.3) is 10.8 Å². The molecule has 3 heteroatoms. The van der Waals surface area contributed by atoms with Crippen molar-refractivity contribution in [2.75, 3.05) is 7.11 Å². The Balaban J connectivity index is 2.42. The maximum atomic E-state index is 10.0. The smallest absolute Gasteiger partial charge is 0.119 e. The Kier molecular flexibility index (Phi) is 3.50. The van der Waals surface area contributed by atoms with Gasteiger partial charge in [-0.25, -0.2) is 0 Å². The number of aliphatic hydroxyl groups is 1. The molecule has 2 unspecified atom stereocenters. The fourth-order valence-corrected chi connectivity index (χ4v) is 1.91. The van der Waals surface area contributed by atoms with Crippen molar-refractivity contribution in [1.29, 1.82) is 5.26 Å². The number of nitrogens with zero attached hydrogens (tertiary/aromatic N) is 1. The molecule has 1 N–H and O–H groups in total. The van der Waals surface area contributed by atoms with E-state index >= 15 is 0 Å². The van der Waals surface area contributed by atoms with Crippen molar-refractivity contribution in [3.05, 3.63) is 42.0 Å². The Bertz CT molecular complexity index is 601. The first kappa shape index (κ1) is 12.4. The number of hydrogen-bond donors (Lipinski definition) is 1. The lowest BCUT2D eigenvalue weighted by atomic mass is 9.96. The summed E-state index contributed by atoms with van der Waals surface area (Å²) in [6, 6.07) is 13.5. The van der Waals surface area contributed by atoms with Crippen LogP contribution in [0.4, 0.5) is 0 Å². The van der Waals surface area contributed by atoms with E-state index in [0.29, 0.717) is 0 Å². The minimum Gasteiger partial charge on any atom is -0.497 e. The highest BCUT2D eigenvalue weighted by atomic mass is 16.5. The molecule has 3 nitrogen and oxygen atoms in total. The predicted octanol–water partition coefficient (Wildman–Crippen LogP) is 3.04. The van der Waals surface area contributed by atoms with Crippen LogP contribution >= 0.6 is 0 Å². The third-order valence-electron chi connectivity index (χ3n) is 3.09. The second-order valence-electron chi connectivity index (χ2n) is 4.34. The van der Waals surface area contributed by atoms with Crippen molar-refractivity contribution in [1.82, 2.24) is 0 Å². The molecule has 2 rings (SSSR count). The third kappa shape index (κ3) is 2.29. The molecule has 0 aliphatic rings. The van der Waals surface area contributed by atoms with Crippen LogP contribution < -0.4 is 4.74 Å². The summed E-state index contributed by atoms with van der Waals surface area (Å²) in [5.41, 5.74) is 0.765. The minimum absolute atomic E-state index is 0.416. The minimum atomic E-state index is -0.749. The van der Waals surface area contributed by atoms with Crippen LogP contribution in [-0.2, 0) is 0 Å². The van der Waals surface area contributed by atoms with E-state index in [1.54, 1.807) is 14.0 Å². The molecule has 0 amide bonds. The lowest BCUT2D eigenvalue weighted by Gasteiger charge is -2.13. The summed E-state index contributed by atoms with van der Waals surface area (Å²) in [4.78, 5) is 0. The van der Waals surface area contributed by atoms with E-state index in [2.05, 4.69) is 6.07 Å². The molecule has 18 heavy (non-hydrogen) atoms. The first-order valence-electron chi connectivity index (χ1n) is 5.81. The van der Waals surface area contributed by atoms with Crippen LogP contribution in [0.2, 0.25) is 0 Å². The normalized spacial score (nSPS) is 13.9. The van der Waals surface area contributed by atoms with Gasteiger partial charge in [-0.05, 0) is 41.5 Å². The SMILES string of the molecule is COc1ccc2cc(C(O)C(C)C#N)ccc2c1. The number of methoxy groups -OCH3 is 1. The average Bonchev–Trinajstić information content (AvgIpc) is 2.44. The van der Waals surface area contributed by atoms with E-state index in [0.717, 1.165) is 22.1 Å². The molecule has 0 aliphatic carbocycles. The van der Waals surface area contributed by atoms with E-state index in [1.165, 1.54) is 0 Å². The summed E-state index contributed by atoms with van der Waals surface area (Å²) < 4.78 is 5.16. The number of aliphatic hydroxyl groups excluding tert-OH is 1. The standard InChI is InChI=1S/C15H15NO2/c1-10(9-16)15(17)13-4-3-12-8-14(18-2)6-5-11(12)7-13/h3-8,10,15,17H,1-2H3. The summed E-state index contributed by atoms with van der Waals surface area (Å²) in [6.45, 7) is 1.71. The van der Waals surface area contributed by atoms with Crippen molar-refractivity contribution in [2.24, 2.45) is 5.92 Å². The van der Waals surface area contributed by atoms with Crippen molar-refractivity contribution < 1.29 is 9.84 Å². The van der Waals surface area contributed by atoms with E-state index in [-0.39, 0.29) is 0 Å². The van der Waals surface area contributed by atoms with E-state index < -0.39 is 12.0 Å². The van der Waals surface area contributed by atoms with Crippen LogP contribution in [-0.4, -0.2) is 12.2 Å². The molecule has 0 fully saturated rings. The molecule has 0 aliphatic heterocycles. The molecular formula is C15H15NO2. The summed E-state index contributed by atoms with van der Waals surface area (Å²) >= 11 is 0. The van der Waals surface area contributed by atoms with Gasteiger partial charge in [-0.15, -0.1) is 0 Å². The van der Waals surface area contributed by atoms with Gasteiger partial charge in [-0.1, -0.05) is 18.2 Å². The topological polar surface area (TPSA) is 53.2 Å². The van der Waals surface area contributed by atoms with Crippen LogP contribution in [0, 0.1) is 17.2 Å². The summed E-state index contributed by atoms with van der Waals surface area (Å²) in [7, 11) is 1.63. The molecule has 0 saturated carbocycles. The van der Waals surface area contributed by atoms with Crippen LogP contribution in [0.3, 0.4) is 0 Å². The molecule has 2 atom stereocenters. The molecule has 2 aromatic carbocycles.